The first-order valence-corrected chi connectivity index (χ1v) is 6.69. The van der Waals surface area contributed by atoms with E-state index in [1.807, 2.05) is 14.0 Å². The van der Waals surface area contributed by atoms with Crippen LogP contribution in [0.4, 0.5) is 4.79 Å². The molecule has 1 aliphatic rings. The monoisotopic (exact) mass is 349 g/mol. The zero-order chi connectivity index (χ0) is 12.7. The van der Waals surface area contributed by atoms with Gasteiger partial charge in [0.25, 0.3) is 0 Å². The number of halogens is 1. The maximum absolute atomic E-state index is 11.0. The molecule has 2 rings (SSSR count). The van der Waals surface area contributed by atoms with E-state index < -0.39 is 6.09 Å². The van der Waals surface area contributed by atoms with Gasteiger partial charge in [-0.3, -0.25) is 0 Å². The summed E-state index contributed by atoms with van der Waals surface area (Å²) in [7, 11) is 3.57. The first-order chi connectivity index (χ1) is 7.93. The lowest BCUT2D eigenvalue weighted by Gasteiger charge is -2.22. The summed E-state index contributed by atoms with van der Waals surface area (Å²) in [5.41, 5.74) is 0.984. The smallest absolute Gasteiger partial charge is 0.407 e. The van der Waals surface area contributed by atoms with Gasteiger partial charge in [-0.15, -0.1) is 0 Å². The second kappa shape index (κ2) is 4.47. The van der Waals surface area contributed by atoms with Gasteiger partial charge >= 0.3 is 6.09 Å². The van der Waals surface area contributed by atoms with Gasteiger partial charge in [0.05, 0.1) is 11.7 Å². The van der Waals surface area contributed by atoms with Gasteiger partial charge in [0, 0.05) is 20.0 Å². The molecule has 1 aromatic heterocycles. The van der Waals surface area contributed by atoms with Crippen LogP contribution in [-0.4, -0.2) is 32.7 Å². The fourth-order valence-corrected chi connectivity index (χ4v) is 3.06. The molecule has 1 saturated carbocycles. The maximum Gasteiger partial charge on any atom is 0.407 e. The van der Waals surface area contributed by atoms with E-state index in [-0.39, 0.29) is 6.04 Å². The van der Waals surface area contributed by atoms with Gasteiger partial charge in [-0.05, 0) is 42.4 Å². The van der Waals surface area contributed by atoms with Gasteiger partial charge in [-0.25, -0.2) is 9.78 Å². The minimum atomic E-state index is -0.914. The molecule has 0 aromatic carbocycles. The van der Waals surface area contributed by atoms with Crippen LogP contribution >= 0.6 is 22.6 Å². The van der Waals surface area contributed by atoms with Crippen molar-refractivity contribution in [1.29, 1.82) is 0 Å². The third-order valence-electron chi connectivity index (χ3n) is 3.35. The number of rotatable bonds is 3. The van der Waals surface area contributed by atoms with Crippen molar-refractivity contribution >= 4 is 28.7 Å². The molecule has 1 atom stereocenters. The molecule has 0 bridgehead atoms. The standard InChI is InChI=1S/C11H16IN3O2/c1-6(14(2)11(16)17)8-9(12)13-10(15(8)3)7-4-5-7/h6-7H,4-5H2,1-3H3,(H,16,17). The van der Waals surface area contributed by atoms with Crippen LogP contribution in [0.2, 0.25) is 0 Å². The lowest BCUT2D eigenvalue weighted by Crippen LogP contribution is -2.29. The van der Waals surface area contributed by atoms with Crippen molar-refractivity contribution < 1.29 is 9.90 Å². The molecule has 1 aliphatic carbocycles. The molecule has 0 radical (unpaired) electrons. The van der Waals surface area contributed by atoms with Gasteiger partial charge < -0.3 is 14.6 Å². The van der Waals surface area contributed by atoms with Gasteiger partial charge in [-0.2, -0.15) is 0 Å². The van der Waals surface area contributed by atoms with E-state index in [4.69, 9.17) is 5.11 Å². The Kier molecular flexibility index (Phi) is 3.33. The van der Waals surface area contributed by atoms with Crippen molar-refractivity contribution in [3.63, 3.8) is 0 Å². The third kappa shape index (κ3) is 2.27. The number of nitrogens with zero attached hydrogens (tertiary/aromatic N) is 3. The molecule has 1 heterocycles. The number of aromatic nitrogens is 2. The molecule has 94 valence electrons. The van der Waals surface area contributed by atoms with Crippen molar-refractivity contribution in [2.45, 2.75) is 31.7 Å². The molecule has 1 N–H and O–H groups in total. The number of hydrogen-bond donors (Lipinski definition) is 1. The highest BCUT2D eigenvalue weighted by atomic mass is 127. The number of hydrogen-bond acceptors (Lipinski definition) is 2. The molecular weight excluding hydrogens is 333 g/mol. The Morgan fingerprint density at radius 2 is 2.24 bits per heavy atom. The highest BCUT2D eigenvalue weighted by molar-refractivity contribution is 14.1. The summed E-state index contributed by atoms with van der Waals surface area (Å²) < 4.78 is 2.97. The second-order valence-electron chi connectivity index (χ2n) is 4.55. The van der Waals surface area contributed by atoms with Crippen molar-refractivity contribution in [1.82, 2.24) is 14.5 Å². The molecule has 1 fully saturated rings. The summed E-state index contributed by atoms with van der Waals surface area (Å²) in [6.07, 6.45) is 1.48. The summed E-state index contributed by atoms with van der Waals surface area (Å²) in [6.45, 7) is 1.89. The zero-order valence-corrected chi connectivity index (χ0v) is 12.3. The SMILES string of the molecule is CC(c1c(I)nc(C2CC2)n1C)N(C)C(=O)O. The van der Waals surface area contributed by atoms with Gasteiger partial charge in [-0.1, -0.05) is 0 Å². The Balaban J connectivity index is 2.34. The van der Waals surface area contributed by atoms with E-state index >= 15 is 0 Å². The van der Waals surface area contributed by atoms with E-state index in [1.54, 1.807) is 7.05 Å². The number of carbonyl (C=O) groups is 1. The van der Waals surface area contributed by atoms with Gasteiger partial charge in [0.1, 0.15) is 9.53 Å². The summed E-state index contributed by atoms with van der Waals surface area (Å²) >= 11 is 2.19. The van der Waals surface area contributed by atoms with Crippen LogP contribution in [-0.2, 0) is 7.05 Å². The van der Waals surface area contributed by atoms with Crippen molar-refractivity contribution in [3.05, 3.63) is 15.2 Å². The van der Waals surface area contributed by atoms with Crippen LogP contribution in [0.15, 0.2) is 0 Å². The summed E-state index contributed by atoms with van der Waals surface area (Å²) in [5.74, 6) is 1.67. The Bertz CT molecular complexity index is 454. The molecule has 1 amide bonds. The predicted molar refractivity (Wildman–Crippen MR) is 72.1 cm³/mol. The fraction of sp³-hybridized carbons (Fsp3) is 0.636. The molecule has 6 heteroatoms. The van der Waals surface area contributed by atoms with Gasteiger partial charge in [0.2, 0.25) is 0 Å². The van der Waals surface area contributed by atoms with Crippen LogP contribution < -0.4 is 0 Å². The first kappa shape index (κ1) is 12.7. The van der Waals surface area contributed by atoms with Crippen LogP contribution in [0.25, 0.3) is 0 Å². The quantitative estimate of drug-likeness (QED) is 0.854. The first-order valence-electron chi connectivity index (χ1n) is 5.61. The second-order valence-corrected chi connectivity index (χ2v) is 5.57. The lowest BCUT2D eigenvalue weighted by atomic mass is 10.2. The summed E-state index contributed by atoms with van der Waals surface area (Å²) in [6, 6.07) is -0.176. The molecular formula is C11H16IN3O2. The van der Waals surface area contributed by atoms with Crippen molar-refractivity contribution in [2.75, 3.05) is 7.05 Å². The van der Waals surface area contributed by atoms with E-state index in [2.05, 4.69) is 32.1 Å². The predicted octanol–water partition coefficient (Wildman–Crippen LogP) is 2.57. The largest absolute Gasteiger partial charge is 0.465 e. The Morgan fingerprint density at radius 3 is 2.71 bits per heavy atom. The topological polar surface area (TPSA) is 58.4 Å². The Hall–Kier alpha value is -0.790. The highest BCUT2D eigenvalue weighted by Gasteiger charge is 2.32. The molecule has 0 saturated heterocycles. The summed E-state index contributed by atoms with van der Waals surface area (Å²) in [4.78, 5) is 16.9. The Morgan fingerprint density at radius 1 is 1.65 bits per heavy atom. The number of amides is 1. The fourth-order valence-electron chi connectivity index (χ4n) is 2.00. The van der Waals surface area contributed by atoms with Crippen LogP contribution in [0.5, 0.6) is 0 Å². The summed E-state index contributed by atoms with van der Waals surface area (Å²) in [5, 5.41) is 9.02. The number of carboxylic acid groups (broad SMARTS) is 1. The highest BCUT2D eigenvalue weighted by Crippen LogP contribution is 2.41. The number of imidazole rings is 1. The van der Waals surface area contributed by atoms with Crippen molar-refractivity contribution in [3.8, 4) is 0 Å². The van der Waals surface area contributed by atoms with E-state index in [1.165, 1.54) is 17.7 Å². The molecule has 0 spiro atoms. The maximum atomic E-state index is 11.0. The van der Waals surface area contributed by atoms with Crippen LogP contribution in [0.3, 0.4) is 0 Å². The van der Waals surface area contributed by atoms with E-state index in [0.29, 0.717) is 5.92 Å². The average molecular weight is 349 g/mol. The van der Waals surface area contributed by atoms with Crippen LogP contribution in [0.1, 0.15) is 43.2 Å². The molecule has 0 aliphatic heterocycles. The van der Waals surface area contributed by atoms with Crippen molar-refractivity contribution in [2.24, 2.45) is 7.05 Å². The lowest BCUT2D eigenvalue weighted by molar-refractivity contribution is 0.140. The average Bonchev–Trinajstić information content (AvgIpc) is 3.04. The normalized spacial score (nSPS) is 16.9. The third-order valence-corrected chi connectivity index (χ3v) is 4.14. The molecule has 5 nitrogen and oxygen atoms in total. The minimum absolute atomic E-state index is 0.176. The van der Waals surface area contributed by atoms with Gasteiger partial charge in [0.15, 0.2) is 0 Å². The molecule has 1 aromatic rings. The van der Waals surface area contributed by atoms with Crippen LogP contribution in [0, 0.1) is 3.70 Å². The molecule has 17 heavy (non-hydrogen) atoms. The Labute approximate surface area is 114 Å². The minimum Gasteiger partial charge on any atom is -0.465 e. The van der Waals surface area contributed by atoms with E-state index in [0.717, 1.165) is 15.2 Å². The van der Waals surface area contributed by atoms with E-state index in [9.17, 15) is 4.79 Å². The zero-order valence-electron chi connectivity index (χ0n) is 10.1. The molecule has 1 unspecified atom stereocenters.